The molecule has 4 aromatic rings. The summed E-state index contributed by atoms with van der Waals surface area (Å²) in [4.78, 5) is 19.8. The second-order valence-corrected chi connectivity index (χ2v) is 11.2. The van der Waals surface area contributed by atoms with E-state index in [0.29, 0.717) is 45.4 Å². The predicted octanol–water partition coefficient (Wildman–Crippen LogP) is 5.95. The molecular weight excluding hydrogens is 475 g/mol. The minimum absolute atomic E-state index is 0.312. The zero-order valence-electron chi connectivity index (χ0n) is 21.2. The van der Waals surface area contributed by atoms with Gasteiger partial charge in [-0.2, -0.15) is 4.98 Å². The first-order chi connectivity index (χ1) is 17.3. The van der Waals surface area contributed by atoms with Crippen LogP contribution in [0.4, 0.5) is 16.2 Å². The minimum Gasteiger partial charge on any atom is -0.361 e. The number of piperidine rings is 1. The fourth-order valence-corrected chi connectivity index (χ4v) is 5.89. The number of nitrogens with zero attached hydrogens (tertiary/aromatic N) is 5. The van der Waals surface area contributed by atoms with Crippen molar-refractivity contribution < 1.29 is 4.39 Å². The van der Waals surface area contributed by atoms with Gasteiger partial charge in [0.15, 0.2) is 5.82 Å². The van der Waals surface area contributed by atoms with Gasteiger partial charge in [-0.05, 0) is 57.3 Å². The molecule has 0 spiro atoms. The Bertz CT molecular complexity index is 1440. The van der Waals surface area contributed by atoms with Crippen molar-refractivity contribution in [1.29, 1.82) is 0 Å². The Labute approximate surface area is 216 Å². The quantitative estimate of drug-likeness (QED) is 0.371. The molecule has 1 N–H and O–H groups in total. The number of hydrogen-bond donors (Lipinski definition) is 1. The lowest BCUT2D eigenvalue weighted by molar-refractivity contribution is 0.245. The van der Waals surface area contributed by atoms with Crippen molar-refractivity contribution in [2.45, 2.75) is 38.8 Å². The van der Waals surface area contributed by atoms with Crippen LogP contribution in [0.2, 0.25) is 5.02 Å². The van der Waals surface area contributed by atoms with E-state index in [9.17, 15) is 0 Å². The Morgan fingerprint density at radius 2 is 1.89 bits per heavy atom. The summed E-state index contributed by atoms with van der Waals surface area (Å²) in [5.74, 6) is 1.52. The SMILES string of the molecule is C[C@H]1CC[C@H](C)N(c2nc(N3CC(N(C)C)C3)nc3c(F)c(-c4cccc5cc[nH]c45)c(Cl)cc23)C1. The molecule has 6 rings (SSSR count). The highest BCUT2D eigenvalue weighted by molar-refractivity contribution is 6.35. The van der Waals surface area contributed by atoms with Crippen molar-refractivity contribution >= 4 is 45.2 Å². The van der Waals surface area contributed by atoms with Crippen LogP contribution in [0.3, 0.4) is 0 Å². The van der Waals surface area contributed by atoms with E-state index in [-0.39, 0.29) is 0 Å². The average molecular weight is 507 g/mol. The van der Waals surface area contributed by atoms with E-state index in [2.05, 4.69) is 47.6 Å². The lowest BCUT2D eigenvalue weighted by atomic mass is 9.94. The number of fused-ring (bicyclic) bond motifs is 2. The Morgan fingerprint density at radius 1 is 1.08 bits per heavy atom. The summed E-state index contributed by atoms with van der Waals surface area (Å²) in [5, 5.41) is 2.06. The first kappa shape index (κ1) is 23.5. The molecule has 36 heavy (non-hydrogen) atoms. The van der Waals surface area contributed by atoms with E-state index in [0.717, 1.165) is 48.3 Å². The van der Waals surface area contributed by atoms with Crippen LogP contribution < -0.4 is 9.80 Å². The maximum Gasteiger partial charge on any atom is 0.228 e. The first-order valence-corrected chi connectivity index (χ1v) is 13.1. The third-order valence-electron chi connectivity index (χ3n) is 7.97. The lowest BCUT2D eigenvalue weighted by Crippen LogP contribution is -2.58. The van der Waals surface area contributed by atoms with E-state index < -0.39 is 5.82 Å². The van der Waals surface area contributed by atoms with E-state index in [4.69, 9.17) is 21.6 Å². The summed E-state index contributed by atoms with van der Waals surface area (Å²) in [6, 6.07) is 10.4. The summed E-state index contributed by atoms with van der Waals surface area (Å²) >= 11 is 6.84. The van der Waals surface area contributed by atoms with Crippen molar-refractivity contribution in [2.75, 3.05) is 43.5 Å². The Balaban J connectivity index is 1.56. The molecule has 0 aliphatic carbocycles. The Morgan fingerprint density at radius 3 is 2.67 bits per heavy atom. The van der Waals surface area contributed by atoms with Crippen molar-refractivity contribution in [3.8, 4) is 11.1 Å². The number of nitrogens with one attached hydrogen (secondary N) is 1. The molecule has 0 radical (unpaired) electrons. The van der Waals surface area contributed by atoms with Gasteiger partial charge in [-0.15, -0.1) is 0 Å². The molecule has 2 atom stereocenters. The Hall–Kier alpha value is -2.90. The molecule has 4 heterocycles. The molecule has 0 bridgehead atoms. The fourth-order valence-electron chi connectivity index (χ4n) is 5.60. The molecule has 2 aliphatic heterocycles. The maximum absolute atomic E-state index is 16.5. The van der Waals surface area contributed by atoms with Gasteiger partial charge in [-0.3, -0.25) is 0 Å². The molecular formula is C28H32ClFN6. The normalized spacial score (nSPS) is 21.1. The van der Waals surface area contributed by atoms with Gasteiger partial charge in [-0.1, -0.05) is 36.7 Å². The summed E-state index contributed by atoms with van der Waals surface area (Å²) in [6.45, 7) is 7.03. The number of anilines is 2. The van der Waals surface area contributed by atoms with E-state index in [1.54, 1.807) is 0 Å². The average Bonchev–Trinajstić information content (AvgIpc) is 3.29. The van der Waals surface area contributed by atoms with Crippen LogP contribution in [0.5, 0.6) is 0 Å². The zero-order chi connectivity index (χ0) is 25.1. The number of benzene rings is 2. The second kappa shape index (κ2) is 8.89. The highest BCUT2D eigenvalue weighted by Crippen LogP contribution is 2.42. The molecule has 2 aromatic carbocycles. The smallest absolute Gasteiger partial charge is 0.228 e. The van der Waals surface area contributed by atoms with E-state index in [1.807, 2.05) is 36.5 Å². The summed E-state index contributed by atoms with van der Waals surface area (Å²) in [6.07, 6.45) is 4.13. The van der Waals surface area contributed by atoms with Gasteiger partial charge >= 0.3 is 0 Å². The van der Waals surface area contributed by atoms with Gasteiger partial charge in [0.25, 0.3) is 0 Å². The monoisotopic (exact) mass is 506 g/mol. The number of hydrogen-bond acceptors (Lipinski definition) is 5. The molecule has 0 amide bonds. The lowest BCUT2D eigenvalue weighted by Gasteiger charge is -2.43. The number of rotatable bonds is 4. The number of aromatic nitrogens is 3. The van der Waals surface area contributed by atoms with Gasteiger partial charge in [0.05, 0.1) is 10.5 Å². The van der Waals surface area contributed by atoms with Crippen LogP contribution in [-0.2, 0) is 0 Å². The third kappa shape index (κ3) is 3.80. The molecule has 0 unspecified atom stereocenters. The van der Waals surface area contributed by atoms with Crippen molar-refractivity contribution in [3.05, 3.63) is 47.4 Å². The van der Waals surface area contributed by atoms with Gasteiger partial charge in [0, 0.05) is 54.4 Å². The number of likely N-dealkylation sites (N-methyl/N-ethyl adjacent to an activating group) is 1. The number of aromatic amines is 1. The molecule has 0 saturated carbocycles. The van der Waals surface area contributed by atoms with Crippen molar-refractivity contribution in [3.63, 3.8) is 0 Å². The van der Waals surface area contributed by atoms with Gasteiger partial charge in [0.1, 0.15) is 11.3 Å². The highest BCUT2D eigenvalue weighted by atomic mass is 35.5. The van der Waals surface area contributed by atoms with Crippen LogP contribution in [-0.4, -0.2) is 65.7 Å². The number of halogens is 2. The van der Waals surface area contributed by atoms with Crippen LogP contribution in [0.25, 0.3) is 32.9 Å². The second-order valence-electron chi connectivity index (χ2n) is 10.7. The van der Waals surface area contributed by atoms with Crippen molar-refractivity contribution in [1.82, 2.24) is 19.9 Å². The van der Waals surface area contributed by atoms with Gasteiger partial charge in [0.2, 0.25) is 5.95 Å². The topological polar surface area (TPSA) is 51.3 Å². The molecule has 2 saturated heterocycles. The van der Waals surface area contributed by atoms with Crippen LogP contribution in [0.15, 0.2) is 36.5 Å². The maximum atomic E-state index is 16.5. The molecule has 2 aromatic heterocycles. The minimum atomic E-state index is -0.396. The van der Waals surface area contributed by atoms with Gasteiger partial charge in [-0.25, -0.2) is 9.37 Å². The molecule has 8 heteroatoms. The van der Waals surface area contributed by atoms with Gasteiger partial charge < -0.3 is 19.7 Å². The van der Waals surface area contributed by atoms with E-state index >= 15 is 4.39 Å². The summed E-state index contributed by atoms with van der Waals surface area (Å²) < 4.78 is 16.5. The molecule has 2 fully saturated rings. The molecule has 6 nitrogen and oxygen atoms in total. The third-order valence-corrected chi connectivity index (χ3v) is 8.27. The zero-order valence-corrected chi connectivity index (χ0v) is 22.0. The van der Waals surface area contributed by atoms with Crippen LogP contribution in [0.1, 0.15) is 26.7 Å². The van der Waals surface area contributed by atoms with Crippen LogP contribution in [0, 0.1) is 11.7 Å². The Kier molecular flexibility index (Phi) is 5.80. The fraction of sp³-hybridized carbons (Fsp3) is 0.429. The first-order valence-electron chi connectivity index (χ1n) is 12.8. The largest absolute Gasteiger partial charge is 0.361 e. The summed E-state index contributed by atoms with van der Waals surface area (Å²) in [7, 11) is 4.17. The molecule has 188 valence electrons. The van der Waals surface area contributed by atoms with Crippen LogP contribution >= 0.6 is 11.6 Å². The van der Waals surface area contributed by atoms with E-state index in [1.165, 1.54) is 6.42 Å². The number of para-hydroxylation sites is 1. The summed E-state index contributed by atoms with van der Waals surface area (Å²) in [5.41, 5.74) is 2.31. The molecule has 2 aliphatic rings. The van der Waals surface area contributed by atoms with Crippen molar-refractivity contribution in [2.24, 2.45) is 5.92 Å². The highest BCUT2D eigenvalue weighted by Gasteiger charge is 2.33. The standard InChI is InChI=1S/C28H32ClFN6/c1-16-8-9-17(2)36(13-16)27-21-12-22(29)23(20-7-5-6-18-10-11-31-25(18)20)24(30)26(21)32-28(33-27)35-14-19(15-35)34(3)4/h5-7,10-12,16-17,19,31H,8-9,13-15H2,1-4H3/t16-,17-/m0/s1. The predicted molar refractivity (Wildman–Crippen MR) is 147 cm³/mol. The number of H-pyrrole nitrogens is 1.